The first-order valence-electron chi connectivity index (χ1n) is 6.85. The molecule has 0 spiro atoms. The molecule has 5 nitrogen and oxygen atoms in total. The van der Waals surface area contributed by atoms with Gasteiger partial charge < -0.3 is 14.2 Å². The Kier molecular flexibility index (Phi) is 3.32. The van der Waals surface area contributed by atoms with E-state index in [1.54, 1.807) is 0 Å². The molecule has 11 heteroatoms. The predicted molar refractivity (Wildman–Crippen MR) is 68.8 cm³/mol. The number of rotatable bonds is 1. The van der Waals surface area contributed by atoms with Crippen molar-refractivity contribution >= 4 is 0 Å². The van der Waals surface area contributed by atoms with Crippen LogP contribution in [0.1, 0.15) is 31.5 Å². The Morgan fingerprint density at radius 2 is 1.58 bits per heavy atom. The van der Waals surface area contributed by atoms with Crippen molar-refractivity contribution in [3.63, 3.8) is 0 Å². The lowest BCUT2D eigenvalue weighted by atomic mass is 10.0. The number of halogens is 6. The molecule has 1 aliphatic heterocycles. The van der Waals surface area contributed by atoms with E-state index in [-0.39, 0.29) is 17.9 Å². The van der Waals surface area contributed by atoms with E-state index in [4.69, 9.17) is 0 Å². The molecule has 2 aromatic heterocycles. The maximum atomic E-state index is 13.1. The predicted octanol–water partition coefficient (Wildman–Crippen LogP) is 3.11. The Hall–Kier alpha value is -2.04. The highest BCUT2D eigenvalue weighted by Crippen LogP contribution is 2.43. The second-order valence-corrected chi connectivity index (χ2v) is 5.83. The molecule has 132 valence electrons. The molecule has 2 atom stereocenters. The molecule has 1 aliphatic rings. The second-order valence-electron chi connectivity index (χ2n) is 5.83. The summed E-state index contributed by atoms with van der Waals surface area (Å²) in [4.78, 5) is 6.96. The van der Waals surface area contributed by atoms with Crippen molar-refractivity contribution in [2.24, 2.45) is 0 Å². The third-order valence-electron chi connectivity index (χ3n) is 4.04. The molecule has 3 heterocycles. The fraction of sp³-hybridized carbons (Fsp3) is 0.538. The average Bonchev–Trinajstić information content (AvgIpc) is 2.99. The summed E-state index contributed by atoms with van der Waals surface area (Å²) in [5, 5.41) is 9.86. The number of nitrogens with zero attached hydrogens (tertiary/aromatic N) is 4. The van der Waals surface area contributed by atoms with Gasteiger partial charge in [-0.15, -0.1) is 0 Å². The molecule has 0 radical (unpaired) electrons. The highest BCUT2D eigenvalue weighted by molar-refractivity contribution is 5.57. The van der Waals surface area contributed by atoms with Gasteiger partial charge in [-0.1, -0.05) is 0 Å². The Balaban J connectivity index is 2.19. The van der Waals surface area contributed by atoms with E-state index in [2.05, 4.69) is 9.97 Å². The van der Waals surface area contributed by atoms with Crippen molar-refractivity contribution < 1.29 is 31.4 Å². The van der Waals surface area contributed by atoms with E-state index < -0.39 is 35.6 Å². The minimum atomic E-state index is -4.98. The number of imidazole rings is 2. The van der Waals surface area contributed by atoms with E-state index in [1.807, 2.05) is 0 Å². The summed E-state index contributed by atoms with van der Waals surface area (Å²) in [5.74, 6) is -1.79. The number of alkyl halides is 6. The molecule has 2 aromatic rings. The first-order chi connectivity index (χ1) is 10.9. The average molecular weight is 354 g/mol. The standard InChI is InChI=1S/C13H12F6N4O/c1-6-5-22-7(3-21-10(22)12(14,15)16)8-4-20-9(23(6)8)11(2,24)13(17,18)19/h3-4,6,24H,5H2,1-2H3/t6-,11+/m0/s1. The van der Waals surface area contributed by atoms with Gasteiger partial charge in [-0.2, -0.15) is 26.3 Å². The lowest BCUT2D eigenvalue weighted by molar-refractivity contribution is -0.262. The topological polar surface area (TPSA) is 55.9 Å². The van der Waals surface area contributed by atoms with Gasteiger partial charge in [0.25, 0.3) is 0 Å². The van der Waals surface area contributed by atoms with Crippen molar-refractivity contribution in [3.05, 3.63) is 24.0 Å². The van der Waals surface area contributed by atoms with Gasteiger partial charge in [0.2, 0.25) is 11.4 Å². The van der Waals surface area contributed by atoms with Crippen LogP contribution in [0.25, 0.3) is 11.4 Å². The molecule has 24 heavy (non-hydrogen) atoms. The van der Waals surface area contributed by atoms with Crippen LogP contribution >= 0.6 is 0 Å². The maximum Gasteiger partial charge on any atom is 0.449 e. The third-order valence-corrected chi connectivity index (χ3v) is 4.04. The molecule has 0 fully saturated rings. The zero-order chi connectivity index (χ0) is 18.1. The van der Waals surface area contributed by atoms with Crippen molar-refractivity contribution in [1.29, 1.82) is 0 Å². The van der Waals surface area contributed by atoms with Crippen molar-refractivity contribution in [2.75, 3.05) is 0 Å². The van der Waals surface area contributed by atoms with Crippen LogP contribution in [0.3, 0.4) is 0 Å². The molecule has 0 unspecified atom stereocenters. The minimum Gasteiger partial charge on any atom is -0.374 e. The normalized spacial score (nSPS) is 20.5. The lowest BCUT2D eigenvalue weighted by Crippen LogP contribution is -2.42. The third kappa shape index (κ3) is 2.21. The molecule has 0 aliphatic carbocycles. The monoisotopic (exact) mass is 354 g/mol. The Morgan fingerprint density at radius 3 is 2.12 bits per heavy atom. The van der Waals surface area contributed by atoms with Crippen molar-refractivity contribution in [2.45, 2.75) is 44.4 Å². The molecular formula is C13H12F6N4O. The number of aromatic nitrogens is 4. The summed E-state index contributed by atoms with van der Waals surface area (Å²) < 4.78 is 80.1. The van der Waals surface area contributed by atoms with Crippen LogP contribution in [-0.2, 0) is 18.3 Å². The fourth-order valence-electron chi connectivity index (χ4n) is 2.82. The Labute approximate surface area is 131 Å². The Morgan fingerprint density at radius 1 is 1.04 bits per heavy atom. The highest BCUT2D eigenvalue weighted by atomic mass is 19.4. The van der Waals surface area contributed by atoms with Gasteiger partial charge >= 0.3 is 12.4 Å². The highest BCUT2D eigenvalue weighted by Gasteiger charge is 2.55. The number of fused-ring (bicyclic) bond motifs is 3. The van der Waals surface area contributed by atoms with Crippen LogP contribution in [-0.4, -0.2) is 30.4 Å². The van der Waals surface area contributed by atoms with Gasteiger partial charge in [-0.05, 0) is 13.8 Å². The molecule has 1 N–H and O–H groups in total. The van der Waals surface area contributed by atoms with E-state index >= 15 is 0 Å². The summed E-state index contributed by atoms with van der Waals surface area (Å²) in [7, 11) is 0. The van der Waals surface area contributed by atoms with Crippen LogP contribution in [0.15, 0.2) is 12.4 Å². The second kappa shape index (κ2) is 4.74. The number of hydrogen-bond donors (Lipinski definition) is 1. The number of hydrogen-bond acceptors (Lipinski definition) is 3. The van der Waals surface area contributed by atoms with Gasteiger partial charge in [0.05, 0.1) is 29.8 Å². The first-order valence-corrected chi connectivity index (χ1v) is 6.85. The fourth-order valence-corrected chi connectivity index (χ4v) is 2.82. The van der Waals surface area contributed by atoms with Crippen LogP contribution in [0.5, 0.6) is 0 Å². The van der Waals surface area contributed by atoms with Crippen LogP contribution in [0.2, 0.25) is 0 Å². The smallest absolute Gasteiger partial charge is 0.374 e. The van der Waals surface area contributed by atoms with Crippen LogP contribution < -0.4 is 0 Å². The van der Waals surface area contributed by atoms with Gasteiger partial charge in [-0.25, -0.2) is 9.97 Å². The number of aliphatic hydroxyl groups is 1. The zero-order valence-electron chi connectivity index (χ0n) is 12.4. The summed E-state index contributed by atoms with van der Waals surface area (Å²) in [6.45, 7) is 1.76. The van der Waals surface area contributed by atoms with Crippen LogP contribution in [0, 0.1) is 0 Å². The summed E-state index contributed by atoms with van der Waals surface area (Å²) in [6, 6.07) is -0.783. The van der Waals surface area contributed by atoms with E-state index in [0.717, 1.165) is 21.5 Å². The molecule has 0 saturated carbocycles. The minimum absolute atomic E-state index is 0.00264. The summed E-state index contributed by atoms with van der Waals surface area (Å²) in [5.41, 5.74) is -3.19. The quantitative estimate of drug-likeness (QED) is 0.801. The molecule has 0 saturated heterocycles. The largest absolute Gasteiger partial charge is 0.449 e. The summed E-state index contributed by atoms with van der Waals surface area (Å²) in [6.07, 6.45) is -7.71. The molecule has 0 aromatic carbocycles. The first kappa shape index (κ1) is 16.8. The zero-order valence-corrected chi connectivity index (χ0v) is 12.4. The van der Waals surface area contributed by atoms with Gasteiger partial charge in [0.1, 0.15) is 0 Å². The Bertz CT molecular complexity index is 785. The van der Waals surface area contributed by atoms with Crippen molar-refractivity contribution in [1.82, 2.24) is 19.1 Å². The molecule has 0 amide bonds. The van der Waals surface area contributed by atoms with Gasteiger partial charge in [0, 0.05) is 6.54 Å². The van der Waals surface area contributed by atoms with Gasteiger partial charge in [-0.3, -0.25) is 0 Å². The molecular weight excluding hydrogens is 342 g/mol. The van der Waals surface area contributed by atoms with E-state index in [9.17, 15) is 31.4 Å². The molecule has 3 rings (SSSR count). The van der Waals surface area contributed by atoms with Crippen molar-refractivity contribution in [3.8, 4) is 11.4 Å². The van der Waals surface area contributed by atoms with Gasteiger partial charge in [0.15, 0.2) is 5.82 Å². The van der Waals surface area contributed by atoms with Crippen LogP contribution in [0.4, 0.5) is 26.3 Å². The molecule has 0 bridgehead atoms. The van der Waals surface area contributed by atoms with E-state index in [0.29, 0.717) is 6.92 Å². The SMILES string of the molecule is C[C@H]1Cn2c(cnc2C(F)(F)F)-c2cnc([C@@](C)(O)C(F)(F)F)n21. The summed E-state index contributed by atoms with van der Waals surface area (Å²) >= 11 is 0. The van der Waals surface area contributed by atoms with E-state index in [1.165, 1.54) is 6.92 Å². The maximum absolute atomic E-state index is 13.1. The lowest BCUT2D eigenvalue weighted by Gasteiger charge is -2.32.